The van der Waals surface area contributed by atoms with Crippen molar-refractivity contribution in [3.8, 4) is 0 Å². The van der Waals surface area contributed by atoms with Gasteiger partial charge in [-0.15, -0.1) is 0 Å². The van der Waals surface area contributed by atoms with Crippen LogP contribution in [-0.2, 0) is 48.5 Å². The predicted octanol–water partition coefficient (Wildman–Crippen LogP) is 13.3. The molecule has 0 rings (SSSR count). The largest absolute Gasteiger partial charge is 0.799 e. The zero-order chi connectivity index (χ0) is 52.5. The van der Waals surface area contributed by atoms with Gasteiger partial charge < -0.3 is 56.8 Å². The topological polar surface area (TPSA) is 241 Å². The Balaban J connectivity index is -0.000000129. The van der Waals surface area contributed by atoms with Crippen LogP contribution in [0.15, 0.2) is 0 Å². The number of unbranched alkanes of at least 4 members (excludes halogenated alkanes) is 12. The van der Waals surface area contributed by atoms with Crippen molar-refractivity contribution in [2.75, 3.05) is 73.9 Å². The van der Waals surface area contributed by atoms with E-state index in [0.717, 1.165) is 154 Å². The summed E-state index contributed by atoms with van der Waals surface area (Å²) >= 11 is 0. The second kappa shape index (κ2) is 55.6. The molecule has 0 aliphatic carbocycles. The maximum atomic E-state index is 11.2. The minimum Gasteiger partial charge on any atom is -0.799 e. The molecule has 0 radical (unpaired) electrons. The van der Waals surface area contributed by atoms with Crippen LogP contribution in [0.25, 0.3) is 0 Å². The average molecular weight is 1160 g/mol. The molecular formula is C48H108MoO12P6-6. The third-order valence-corrected chi connectivity index (χ3v) is 22.2. The number of hydrogen-bond donors (Lipinski definition) is 0. The molecule has 0 saturated heterocycles. The summed E-state index contributed by atoms with van der Waals surface area (Å²) < 4.78 is 67.1. The van der Waals surface area contributed by atoms with E-state index < -0.39 is 44.2 Å². The molecule has 67 heavy (non-hydrogen) atoms. The molecule has 0 atom stereocenters. The van der Waals surface area contributed by atoms with Gasteiger partial charge in [0.2, 0.25) is 0 Å². The standard InChI is InChI=1S/6C8H19O2P.Mo/c6*1-3-5-7-11(9,10)8-6-4-2;/h6*3-8H2,1-2H3,(H,9,10);/p-6. The molecule has 0 saturated carbocycles. The fraction of sp³-hybridized carbons (Fsp3) is 1.00. The number of rotatable bonds is 36. The van der Waals surface area contributed by atoms with Crippen LogP contribution in [0.5, 0.6) is 0 Å². The Morgan fingerprint density at radius 3 is 0.299 bits per heavy atom. The van der Waals surface area contributed by atoms with Crippen LogP contribution in [0.1, 0.15) is 237 Å². The Kier molecular flexibility index (Phi) is 68.7. The fourth-order valence-corrected chi connectivity index (χ4v) is 16.4. The van der Waals surface area contributed by atoms with Gasteiger partial charge in [0, 0.05) is 65.3 Å². The van der Waals surface area contributed by atoms with E-state index in [1.54, 1.807) is 0 Å². The monoisotopic (exact) mass is 1160 g/mol. The SMILES string of the molecule is CCCCP(=O)([O-])CCCC.CCCCP(=O)([O-])CCCC.CCCCP(=O)([O-])CCCC.CCCCP(=O)([O-])CCCC.CCCCP(=O)([O-])CCCC.CCCCP(=O)([O-])CCCC.[Mo]. The molecule has 0 aliphatic heterocycles. The van der Waals surface area contributed by atoms with Crippen LogP contribution < -0.4 is 29.4 Å². The van der Waals surface area contributed by atoms with Gasteiger partial charge in [-0.05, 0) is 151 Å². The van der Waals surface area contributed by atoms with Gasteiger partial charge in [-0.3, -0.25) is 0 Å². The van der Waals surface area contributed by atoms with Crippen molar-refractivity contribution in [3.05, 3.63) is 0 Å². The molecule has 0 unspecified atom stereocenters. The van der Waals surface area contributed by atoms with Gasteiger partial charge in [0.05, 0.1) is 0 Å². The minimum atomic E-state index is -2.98. The Morgan fingerprint density at radius 2 is 0.254 bits per heavy atom. The third-order valence-electron chi connectivity index (χ3n) is 10.2. The van der Waals surface area contributed by atoms with Gasteiger partial charge in [-0.1, -0.05) is 160 Å². The fourth-order valence-electron chi connectivity index (χ4n) is 5.46. The van der Waals surface area contributed by atoms with Crippen molar-refractivity contribution in [3.63, 3.8) is 0 Å². The molecule has 0 heterocycles. The van der Waals surface area contributed by atoms with Crippen LogP contribution in [-0.4, -0.2) is 73.9 Å². The zero-order valence-corrected chi connectivity index (χ0v) is 52.8. The van der Waals surface area contributed by atoms with Gasteiger partial charge in [0.15, 0.2) is 0 Å². The Bertz CT molecular complexity index is 988. The van der Waals surface area contributed by atoms with E-state index in [0.29, 0.717) is 73.9 Å². The normalized spacial score (nSPS) is 11.7. The summed E-state index contributed by atoms with van der Waals surface area (Å²) in [4.78, 5) is 67.1. The molecule has 414 valence electrons. The maximum absolute atomic E-state index is 11.2. The first-order valence-corrected chi connectivity index (χ1v) is 38.4. The van der Waals surface area contributed by atoms with Gasteiger partial charge in [0.1, 0.15) is 0 Å². The van der Waals surface area contributed by atoms with E-state index in [1.165, 1.54) is 0 Å². The molecule has 0 bridgehead atoms. The van der Waals surface area contributed by atoms with Crippen LogP contribution in [0.3, 0.4) is 0 Å². The summed E-state index contributed by atoms with van der Waals surface area (Å²) in [7, 11) is -17.9. The Hall–Kier alpha value is 1.83. The van der Waals surface area contributed by atoms with Crippen molar-refractivity contribution >= 4 is 44.2 Å². The maximum Gasteiger partial charge on any atom is 0.0148 e. The van der Waals surface area contributed by atoms with E-state index >= 15 is 0 Å². The molecule has 0 aromatic carbocycles. The van der Waals surface area contributed by atoms with Gasteiger partial charge in [-0.25, -0.2) is 0 Å². The zero-order valence-electron chi connectivity index (χ0n) is 45.4. The van der Waals surface area contributed by atoms with E-state index in [1.807, 2.05) is 83.1 Å². The number of hydrogen-bond acceptors (Lipinski definition) is 12. The minimum absolute atomic E-state index is 0. The second-order valence-electron chi connectivity index (χ2n) is 17.8. The Morgan fingerprint density at radius 1 is 0.194 bits per heavy atom. The smallest absolute Gasteiger partial charge is 0.0148 e. The van der Waals surface area contributed by atoms with E-state index in [4.69, 9.17) is 0 Å². The molecule has 0 N–H and O–H groups in total. The first kappa shape index (κ1) is 82.8. The first-order chi connectivity index (χ1) is 30.7. The summed E-state index contributed by atoms with van der Waals surface area (Å²) in [6.07, 6.45) is 26.4. The van der Waals surface area contributed by atoms with Crippen LogP contribution in [0.4, 0.5) is 0 Å². The molecule has 0 aromatic rings. The van der Waals surface area contributed by atoms with Crippen molar-refractivity contribution in [2.45, 2.75) is 237 Å². The third kappa shape index (κ3) is 76.9. The van der Waals surface area contributed by atoms with Crippen molar-refractivity contribution in [1.82, 2.24) is 0 Å². The van der Waals surface area contributed by atoms with Crippen molar-refractivity contribution in [1.29, 1.82) is 0 Å². The molecule has 0 aliphatic rings. The summed E-state index contributed by atoms with van der Waals surface area (Å²) in [5, 5.41) is 0. The van der Waals surface area contributed by atoms with Gasteiger partial charge >= 0.3 is 0 Å². The molecule has 0 fully saturated rings. The van der Waals surface area contributed by atoms with Crippen LogP contribution in [0, 0.1) is 0 Å². The van der Waals surface area contributed by atoms with E-state index in [9.17, 15) is 56.8 Å². The summed E-state index contributed by atoms with van der Waals surface area (Å²) in [6, 6.07) is 0. The molecule has 0 spiro atoms. The quantitative estimate of drug-likeness (QED) is 0.0420. The van der Waals surface area contributed by atoms with Crippen molar-refractivity contribution in [2.24, 2.45) is 0 Å². The first-order valence-electron chi connectivity index (χ1n) is 26.5. The predicted molar refractivity (Wildman–Crippen MR) is 283 cm³/mol. The van der Waals surface area contributed by atoms with Crippen LogP contribution in [0.2, 0.25) is 0 Å². The van der Waals surface area contributed by atoms with E-state index in [2.05, 4.69) is 0 Å². The van der Waals surface area contributed by atoms with Crippen LogP contribution >= 0.6 is 44.2 Å². The molecule has 0 amide bonds. The molecule has 19 heteroatoms. The molecular weight excluding hydrogens is 1050 g/mol. The second-order valence-corrected chi connectivity index (χ2v) is 33.0. The summed E-state index contributed by atoms with van der Waals surface area (Å²) in [5.41, 5.74) is 0. The van der Waals surface area contributed by atoms with E-state index in [-0.39, 0.29) is 21.1 Å². The van der Waals surface area contributed by atoms with Crippen molar-refractivity contribution < 1.29 is 77.8 Å². The molecule has 12 nitrogen and oxygen atoms in total. The van der Waals surface area contributed by atoms with Gasteiger partial charge in [0.25, 0.3) is 0 Å². The average Bonchev–Trinajstić information content (AvgIpc) is 3.27. The summed E-state index contributed by atoms with van der Waals surface area (Å²) in [6.45, 7) is 24.2. The summed E-state index contributed by atoms with van der Waals surface area (Å²) in [5.74, 6) is 0. The van der Waals surface area contributed by atoms with Gasteiger partial charge in [-0.2, -0.15) is 0 Å². The molecule has 0 aromatic heterocycles. The Labute approximate surface area is 430 Å².